The van der Waals surface area contributed by atoms with Crippen LogP contribution in [0, 0.1) is 0 Å². The Balaban J connectivity index is 1.56. The van der Waals surface area contributed by atoms with Gasteiger partial charge >= 0.3 is 0 Å². The summed E-state index contributed by atoms with van der Waals surface area (Å²) >= 11 is 0. The number of hydrogen-bond acceptors (Lipinski definition) is 5. The molecule has 24 heavy (non-hydrogen) atoms. The molecule has 1 amide bonds. The average Bonchev–Trinajstić information content (AvgIpc) is 2.68. The molecule has 1 saturated heterocycles. The van der Waals surface area contributed by atoms with Crippen molar-refractivity contribution in [1.29, 1.82) is 0 Å². The highest BCUT2D eigenvalue weighted by atomic mass is 16.6. The van der Waals surface area contributed by atoms with E-state index in [9.17, 15) is 4.79 Å². The van der Waals surface area contributed by atoms with E-state index in [0.29, 0.717) is 36.8 Å². The second-order valence-corrected chi connectivity index (χ2v) is 6.05. The van der Waals surface area contributed by atoms with Crippen LogP contribution in [0.3, 0.4) is 0 Å². The van der Waals surface area contributed by atoms with E-state index >= 15 is 0 Å². The number of amides is 1. The van der Waals surface area contributed by atoms with E-state index < -0.39 is 0 Å². The summed E-state index contributed by atoms with van der Waals surface area (Å²) in [4.78, 5) is 23.2. The van der Waals surface area contributed by atoms with E-state index in [4.69, 9.17) is 9.47 Å². The first-order valence-corrected chi connectivity index (χ1v) is 8.27. The molecular formula is C18H19N3O3. The Morgan fingerprint density at radius 3 is 3.00 bits per heavy atom. The minimum atomic E-state index is -0.00361. The summed E-state index contributed by atoms with van der Waals surface area (Å²) < 4.78 is 11.3. The molecule has 0 bridgehead atoms. The maximum Gasteiger partial charge on any atom is 0.257 e. The van der Waals surface area contributed by atoms with Crippen LogP contribution >= 0.6 is 0 Å². The van der Waals surface area contributed by atoms with E-state index in [1.54, 1.807) is 12.5 Å². The Morgan fingerprint density at radius 2 is 2.12 bits per heavy atom. The number of ether oxygens (including phenoxy) is 2. The van der Waals surface area contributed by atoms with Crippen LogP contribution < -0.4 is 9.47 Å². The van der Waals surface area contributed by atoms with Crippen LogP contribution in [0.5, 0.6) is 11.5 Å². The molecule has 1 aromatic carbocycles. The molecule has 3 heterocycles. The van der Waals surface area contributed by atoms with Crippen molar-refractivity contribution < 1.29 is 14.3 Å². The molecule has 1 aromatic heterocycles. The van der Waals surface area contributed by atoms with E-state index in [1.165, 1.54) is 0 Å². The molecule has 2 aliphatic heterocycles. The third-order valence-corrected chi connectivity index (χ3v) is 4.53. The predicted molar refractivity (Wildman–Crippen MR) is 87.3 cm³/mol. The van der Waals surface area contributed by atoms with Gasteiger partial charge in [0.1, 0.15) is 19.5 Å². The third-order valence-electron chi connectivity index (χ3n) is 4.53. The molecule has 2 aliphatic rings. The number of likely N-dealkylation sites (tertiary alicyclic amines) is 1. The van der Waals surface area contributed by atoms with Crippen molar-refractivity contribution in [2.75, 3.05) is 26.3 Å². The normalized spacial score (nSPS) is 19.8. The highest BCUT2D eigenvalue weighted by molar-refractivity contribution is 5.98. The summed E-state index contributed by atoms with van der Waals surface area (Å²) in [6.45, 7) is 2.41. The molecule has 0 aliphatic carbocycles. The largest absolute Gasteiger partial charge is 0.486 e. The van der Waals surface area contributed by atoms with Crippen molar-refractivity contribution in [1.82, 2.24) is 14.9 Å². The molecule has 2 aromatic rings. The number of piperidine rings is 1. The second kappa shape index (κ2) is 6.47. The number of carbonyl (C=O) groups excluding carboxylic acids is 1. The van der Waals surface area contributed by atoms with E-state index in [0.717, 1.165) is 25.1 Å². The number of hydrogen-bond donors (Lipinski definition) is 0. The van der Waals surface area contributed by atoms with Crippen LogP contribution in [0.15, 0.2) is 36.8 Å². The Bertz CT molecular complexity index is 736. The molecule has 0 saturated carbocycles. The summed E-state index contributed by atoms with van der Waals surface area (Å²) in [6.07, 6.45) is 5.32. The Hall–Kier alpha value is -2.63. The summed E-state index contributed by atoms with van der Waals surface area (Å²) in [6, 6.07) is 7.42. The first kappa shape index (κ1) is 14.9. The molecule has 0 radical (unpaired) electrons. The fourth-order valence-electron chi connectivity index (χ4n) is 3.36. The molecule has 6 heteroatoms. The van der Waals surface area contributed by atoms with Crippen LogP contribution in [0.1, 0.15) is 34.8 Å². The van der Waals surface area contributed by atoms with Gasteiger partial charge in [0.05, 0.1) is 5.56 Å². The lowest BCUT2D eigenvalue weighted by Crippen LogP contribution is -2.39. The summed E-state index contributed by atoms with van der Waals surface area (Å²) in [5.74, 6) is 1.47. The maximum atomic E-state index is 13.0. The topological polar surface area (TPSA) is 64.6 Å². The molecule has 1 fully saturated rings. The zero-order chi connectivity index (χ0) is 16.4. The van der Waals surface area contributed by atoms with Crippen molar-refractivity contribution in [2.24, 2.45) is 0 Å². The lowest BCUT2D eigenvalue weighted by atomic mass is 9.94. The maximum absolute atomic E-state index is 13.0. The fraction of sp³-hybridized carbons (Fsp3) is 0.389. The molecule has 0 unspecified atom stereocenters. The molecular weight excluding hydrogens is 306 g/mol. The average molecular weight is 325 g/mol. The van der Waals surface area contributed by atoms with E-state index in [-0.39, 0.29) is 11.8 Å². The van der Waals surface area contributed by atoms with Crippen LogP contribution in [0.4, 0.5) is 0 Å². The van der Waals surface area contributed by atoms with Gasteiger partial charge in [-0.05, 0) is 31.0 Å². The van der Waals surface area contributed by atoms with Crippen molar-refractivity contribution in [3.05, 3.63) is 48.0 Å². The van der Waals surface area contributed by atoms with Crippen molar-refractivity contribution in [3.63, 3.8) is 0 Å². The number of para-hydroxylation sites is 1. The SMILES string of the molecule is O=C(c1cccc2c1OCCO2)N1CCC[C@@H](c2ccncn2)C1. The Morgan fingerprint density at radius 1 is 1.21 bits per heavy atom. The van der Waals surface area contributed by atoms with Crippen LogP contribution in [0.25, 0.3) is 0 Å². The molecule has 0 N–H and O–H groups in total. The number of fused-ring (bicyclic) bond motifs is 1. The number of nitrogens with zero attached hydrogens (tertiary/aromatic N) is 3. The van der Waals surface area contributed by atoms with Gasteiger partial charge in [0.25, 0.3) is 5.91 Å². The van der Waals surface area contributed by atoms with Gasteiger partial charge in [-0.15, -0.1) is 0 Å². The molecule has 0 spiro atoms. The quantitative estimate of drug-likeness (QED) is 0.847. The van der Waals surface area contributed by atoms with Crippen LogP contribution in [-0.4, -0.2) is 47.1 Å². The summed E-state index contributed by atoms with van der Waals surface area (Å²) in [7, 11) is 0. The van der Waals surface area contributed by atoms with Gasteiger partial charge in [0, 0.05) is 30.9 Å². The van der Waals surface area contributed by atoms with Crippen molar-refractivity contribution in [3.8, 4) is 11.5 Å². The zero-order valence-corrected chi connectivity index (χ0v) is 13.4. The molecule has 124 valence electrons. The fourth-order valence-corrected chi connectivity index (χ4v) is 3.36. The van der Waals surface area contributed by atoms with Crippen LogP contribution in [0.2, 0.25) is 0 Å². The van der Waals surface area contributed by atoms with Crippen molar-refractivity contribution in [2.45, 2.75) is 18.8 Å². The first-order chi connectivity index (χ1) is 11.8. The van der Waals surface area contributed by atoms with E-state index in [2.05, 4.69) is 9.97 Å². The Labute approximate surface area is 140 Å². The van der Waals surface area contributed by atoms with Gasteiger partial charge in [-0.2, -0.15) is 0 Å². The Kier molecular flexibility index (Phi) is 4.02. The smallest absolute Gasteiger partial charge is 0.257 e. The third kappa shape index (κ3) is 2.79. The number of aromatic nitrogens is 2. The highest BCUT2D eigenvalue weighted by Gasteiger charge is 2.29. The van der Waals surface area contributed by atoms with Crippen molar-refractivity contribution >= 4 is 5.91 Å². The minimum absolute atomic E-state index is 0.00361. The second-order valence-electron chi connectivity index (χ2n) is 6.05. The van der Waals surface area contributed by atoms with Crippen LogP contribution in [-0.2, 0) is 0 Å². The summed E-state index contributed by atoms with van der Waals surface area (Å²) in [5, 5.41) is 0. The number of carbonyl (C=O) groups is 1. The lowest BCUT2D eigenvalue weighted by molar-refractivity contribution is 0.0695. The van der Waals surface area contributed by atoms with Gasteiger partial charge in [0.2, 0.25) is 0 Å². The minimum Gasteiger partial charge on any atom is -0.486 e. The lowest BCUT2D eigenvalue weighted by Gasteiger charge is -2.33. The van der Waals surface area contributed by atoms with Gasteiger partial charge in [-0.25, -0.2) is 9.97 Å². The highest BCUT2D eigenvalue weighted by Crippen LogP contribution is 2.35. The molecule has 6 nitrogen and oxygen atoms in total. The van der Waals surface area contributed by atoms with E-state index in [1.807, 2.05) is 29.2 Å². The zero-order valence-electron chi connectivity index (χ0n) is 13.4. The van der Waals surface area contributed by atoms with Gasteiger partial charge in [-0.1, -0.05) is 6.07 Å². The molecule has 1 atom stereocenters. The predicted octanol–water partition coefficient (Wildman–Crippen LogP) is 2.27. The first-order valence-electron chi connectivity index (χ1n) is 8.27. The number of rotatable bonds is 2. The number of benzene rings is 1. The monoisotopic (exact) mass is 325 g/mol. The standard InChI is InChI=1S/C18H19N3O3/c22-18(14-4-1-5-16-17(14)24-10-9-23-16)21-8-2-3-13(11-21)15-6-7-19-12-20-15/h1,4-7,12-13H,2-3,8-11H2/t13-/m1/s1. The van der Waals surface area contributed by atoms with Gasteiger partial charge < -0.3 is 14.4 Å². The van der Waals surface area contributed by atoms with Gasteiger partial charge in [-0.3, -0.25) is 4.79 Å². The molecule has 4 rings (SSSR count). The van der Waals surface area contributed by atoms with Gasteiger partial charge in [0.15, 0.2) is 11.5 Å². The summed E-state index contributed by atoms with van der Waals surface area (Å²) in [5.41, 5.74) is 1.58.